The number of nitrogens with one attached hydrogen (secondary N) is 2. The molecule has 0 aliphatic carbocycles. The van der Waals surface area contributed by atoms with Crippen LogP contribution in [-0.2, 0) is 9.59 Å². The van der Waals surface area contributed by atoms with E-state index < -0.39 is 0 Å². The molecule has 1 heterocycles. The van der Waals surface area contributed by atoms with Crippen LogP contribution in [0.4, 0.5) is 0 Å². The van der Waals surface area contributed by atoms with Crippen LogP contribution in [0.15, 0.2) is 0 Å². The fraction of sp³-hybridized carbons (Fsp3) is 0.833. The van der Waals surface area contributed by atoms with E-state index in [9.17, 15) is 9.59 Å². The second-order valence-electron chi connectivity index (χ2n) is 4.54. The minimum absolute atomic E-state index is 0.0246. The molecule has 2 amide bonds. The van der Waals surface area contributed by atoms with E-state index in [4.69, 9.17) is 0 Å². The van der Waals surface area contributed by atoms with Crippen LogP contribution < -0.4 is 10.6 Å². The Morgan fingerprint density at radius 2 is 2.18 bits per heavy atom. The second kappa shape index (κ2) is 7.27. The normalized spacial score (nSPS) is 20.1. The van der Waals surface area contributed by atoms with Gasteiger partial charge in [-0.2, -0.15) is 0 Å². The maximum atomic E-state index is 11.8. The maximum absolute atomic E-state index is 11.8. The van der Waals surface area contributed by atoms with Gasteiger partial charge in [0.2, 0.25) is 11.8 Å². The quantitative estimate of drug-likeness (QED) is 0.718. The van der Waals surface area contributed by atoms with Crippen LogP contribution in [0.3, 0.4) is 0 Å². The van der Waals surface area contributed by atoms with Gasteiger partial charge >= 0.3 is 0 Å². The third-order valence-electron chi connectivity index (χ3n) is 2.86. The zero-order valence-electron chi connectivity index (χ0n) is 10.8. The lowest BCUT2D eigenvalue weighted by Crippen LogP contribution is -2.51. The lowest BCUT2D eigenvalue weighted by Gasteiger charge is -2.31. The Hall–Kier alpha value is -1.10. The molecule has 0 saturated carbocycles. The highest BCUT2D eigenvalue weighted by molar-refractivity contribution is 5.83. The summed E-state index contributed by atoms with van der Waals surface area (Å²) in [6.07, 6.45) is 1.55. The number of amides is 2. The summed E-state index contributed by atoms with van der Waals surface area (Å²) in [6.45, 7) is 7.10. The predicted molar refractivity (Wildman–Crippen MR) is 66.6 cm³/mol. The van der Waals surface area contributed by atoms with Crippen LogP contribution >= 0.6 is 0 Å². The fourth-order valence-corrected chi connectivity index (χ4v) is 1.89. The van der Waals surface area contributed by atoms with Crippen molar-refractivity contribution in [2.45, 2.75) is 39.2 Å². The molecule has 0 spiro atoms. The summed E-state index contributed by atoms with van der Waals surface area (Å²) in [5, 5.41) is 6.06. The highest BCUT2D eigenvalue weighted by atomic mass is 16.2. The van der Waals surface area contributed by atoms with Gasteiger partial charge in [0.1, 0.15) is 0 Å². The Kier molecular flexibility index (Phi) is 5.97. The van der Waals surface area contributed by atoms with Crippen molar-refractivity contribution in [1.82, 2.24) is 15.5 Å². The Morgan fingerprint density at radius 1 is 1.41 bits per heavy atom. The summed E-state index contributed by atoms with van der Waals surface area (Å²) >= 11 is 0. The Labute approximate surface area is 103 Å². The number of rotatable bonds is 5. The van der Waals surface area contributed by atoms with Gasteiger partial charge in [0.15, 0.2) is 0 Å². The second-order valence-corrected chi connectivity index (χ2v) is 4.54. The van der Waals surface area contributed by atoms with Crippen LogP contribution in [0.2, 0.25) is 0 Å². The number of hydrogen-bond donors (Lipinski definition) is 2. The maximum Gasteiger partial charge on any atom is 0.223 e. The molecule has 1 fully saturated rings. The minimum Gasteiger partial charge on any atom is -0.356 e. The highest BCUT2D eigenvalue weighted by Crippen LogP contribution is 2.03. The lowest BCUT2D eigenvalue weighted by atomic mass is 10.2. The molecule has 0 aromatic rings. The van der Waals surface area contributed by atoms with Crippen LogP contribution in [0.1, 0.15) is 33.1 Å². The molecule has 5 nitrogen and oxygen atoms in total. The number of carbonyl (C=O) groups is 2. The predicted octanol–water partition coefficient (Wildman–Crippen LogP) is 0.113. The van der Waals surface area contributed by atoms with Crippen molar-refractivity contribution in [2.75, 3.05) is 26.2 Å². The van der Waals surface area contributed by atoms with Gasteiger partial charge in [0, 0.05) is 45.1 Å². The van der Waals surface area contributed by atoms with Crippen molar-refractivity contribution >= 4 is 11.8 Å². The average molecular weight is 241 g/mol. The molecule has 98 valence electrons. The van der Waals surface area contributed by atoms with Gasteiger partial charge in [-0.05, 0) is 13.3 Å². The molecule has 0 bridgehead atoms. The molecule has 0 radical (unpaired) electrons. The molecular weight excluding hydrogens is 218 g/mol. The Bertz CT molecular complexity index is 268. The standard InChI is InChI=1S/C12H23N3O2/c1-3-6-14-11(16)4-5-12(17)15-8-7-13-10(2)9-15/h10,13H,3-9H2,1-2H3,(H,14,16). The molecule has 5 heteroatoms. The van der Waals surface area contributed by atoms with Crippen molar-refractivity contribution in [3.63, 3.8) is 0 Å². The van der Waals surface area contributed by atoms with E-state index >= 15 is 0 Å². The zero-order valence-corrected chi connectivity index (χ0v) is 10.8. The van der Waals surface area contributed by atoms with Crippen LogP contribution in [-0.4, -0.2) is 48.9 Å². The van der Waals surface area contributed by atoms with Gasteiger partial charge < -0.3 is 15.5 Å². The monoisotopic (exact) mass is 241 g/mol. The topological polar surface area (TPSA) is 61.4 Å². The smallest absolute Gasteiger partial charge is 0.223 e. The SMILES string of the molecule is CCCNC(=O)CCC(=O)N1CCNC(C)C1. The van der Waals surface area contributed by atoms with E-state index in [0.717, 1.165) is 26.1 Å². The molecule has 1 aliphatic heterocycles. The minimum atomic E-state index is -0.0246. The lowest BCUT2D eigenvalue weighted by molar-refractivity contribution is -0.134. The fourth-order valence-electron chi connectivity index (χ4n) is 1.89. The molecule has 1 aliphatic rings. The number of piperazine rings is 1. The van der Waals surface area contributed by atoms with Gasteiger partial charge in [-0.25, -0.2) is 0 Å². The molecule has 17 heavy (non-hydrogen) atoms. The third-order valence-corrected chi connectivity index (χ3v) is 2.86. The summed E-state index contributed by atoms with van der Waals surface area (Å²) in [5.41, 5.74) is 0. The van der Waals surface area contributed by atoms with Crippen LogP contribution in [0, 0.1) is 0 Å². The van der Waals surface area contributed by atoms with Gasteiger partial charge in [0.25, 0.3) is 0 Å². The first kappa shape index (κ1) is 14.0. The van der Waals surface area contributed by atoms with Crippen molar-refractivity contribution < 1.29 is 9.59 Å². The van der Waals surface area contributed by atoms with E-state index in [1.165, 1.54) is 0 Å². The van der Waals surface area contributed by atoms with Crippen LogP contribution in [0.25, 0.3) is 0 Å². The molecular formula is C12H23N3O2. The summed E-state index contributed by atoms with van der Waals surface area (Å²) in [6, 6.07) is 0.349. The first-order valence-electron chi connectivity index (χ1n) is 6.41. The van der Waals surface area contributed by atoms with E-state index in [-0.39, 0.29) is 11.8 Å². The number of carbonyl (C=O) groups excluding carboxylic acids is 2. The first-order chi connectivity index (χ1) is 8.13. The summed E-state index contributed by atoms with van der Waals surface area (Å²) in [7, 11) is 0. The molecule has 0 aromatic heterocycles. The van der Waals surface area contributed by atoms with E-state index in [2.05, 4.69) is 17.6 Å². The molecule has 2 N–H and O–H groups in total. The average Bonchev–Trinajstić information content (AvgIpc) is 2.33. The zero-order chi connectivity index (χ0) is 12.7. The molecule has 1 unspecified atom stereocenters. The van der Waals surface area contributed by atoms with Crippen molar-refractivity contribution in [3.8, 4) is 0 Å². The third kappa shape index (κ3) is 5.17. The highest BCUT2D eigenvalue weighted by Gasteiger charge is 2.20. The molecule has 1 rings (SSSR count). The van der Waals surface area contributed by atoms with Gasteiger partial charge in [0.05, 0.1) is 0 Å². The summed E-state index contributed by atoms with van der Waals surface area (Å²) in [4.78, 5) is 25.0. The van der Waals surface area contributed by atoms with Gasteiger partial charge in [-0.15, -0.1) is 0 Å². The van der Waals surface area contributed by atoms with E-state index in [1.54, 1.807) is 0 Å². The van der Waals surface area contributed by atoms with Crippen molar-refractivity contribution in [3.05, 3.63) is 0 Å². The Morgan fingerprint density at radius 3 is 2.82 bits per heavy atom. The van der Waals surface area contributed by atoms with Crippen molar-refractivity contribution in [1.29, 1.82) is 0 Å². The number of hydrogen-bond acceptors (Lipinski definition) is 3. The van der Waals surface area contributed by atoms with E-state index in [0.29, 0.717) is 25.4 Å². The van der Waals surface area contributed by atoms with E-state index in [1.807, 2.05) is 11.8 Å². The molecule has 1 atom stereocenters. The molecule has 1 saturated heterocycles. The largest absolute Gasteiger partial charge is 0.356 e. The summed E-state index contributed by atoms with van der Waals surface area (Å²) < 4.78 is 0. The van der Waals surface area contributed by atoms with Gasteiger partial charge in [-0.3, -0.25) is 9.59 Å². The van der Waals surface area contributed by atoms with Gasteiger partial charge in [-0.1, -0.05) is 6.92 Å². The Balaban J connectivity index is 2.22. The van der Waals surface area contributed by atoms with Crippen LogP contribution in [0.5, 0.6) is 0 Å². The summed E-state index contributed by atoms with van der Waals surface area (Å²) in [5.74, 6) is 0.0633. The number of nitrogens with zero attached hydrogens (tertiary/aromatic N) is 1. The first-order valence-corrected chi connectivity index (χ1v) is 6.41. The molecule has 0 aromatic carbocycles. The van der Waals surface area contributed by atoms with Crippen molar-refractivity contribution in [2.24, 2.45) is 0 Å².